The first-order valence-corrected chi connectivity index (χ1v) is 7.23. The van der Waals surface area contributed by atoms with E-state index in [1.807, 2.05) is 26.0 Å². The molecule has 0 spiro atoms. The van der Waals surface area contributed by atoms with Crippen molar-refractivity contribution in [3.8, 4) is 5.75 Å². The molecule has 0 atom stereocenters. The Hall–Kier alpha value is -1.96. The maximum atomic E-state index is 5.96. The summed E-state index contributed by atoms with van der Waals surface area (Å²) >= 11 is 0. The van der Waals surface area contributed by atoms with E-state index in [2.05, 4.69) is 18.2 Å². The lowest BCUT2D eigenvalue weighted by Crippen LogP contribution is -2.00. The number of nitrogen functional groups attached to an aromatic ring is 1. The van der Waals surface area contributed by atoms with Crippen LogP contribution in [-0.4, -0.2) is 0 Å². The van der Waals surface area contributed by atoms with Crippen LogP contribution in [0.1, 0.15) is 34.2 Å². The fourth-order valence-corrected chi connectivity index (χ4v) is 2.84. The van der Waals surface area contributed by atoms with Crippen LogP contribution in [0.2, 0.25) is 0 Å². The Morgan fingerprint density at radius 2 is 1.80 bits per heavy atom. The quantitative estimate of drug-likeness (QED) is 0.854. The van der Waals surface area contributed by atoms with Crippen LogP contribution in [0.25, 0.3) is 0 Å². The number of aryl methyl sites for hydroxylation is 4. The van der Waals surface area contributed by atoms with Gasteiger partial charge in [0.05, 0.1) is 0 Å². The van der Waals surface area contributed by atoms with Crippen LogP contribution in [0.5, 0.6) is 5.75 Å². The van der Waals surface area contributed by atoms with Gasteiger partial charge in [-0.1, -0.05) is 18.2 Å². The first-order valence-electron chi connectivity index (χ1n) is 7.23. The monoisotopic (exact) mass is 267 g/mol. The molecule has 20 heavy (non-hydrogen) atoms. The Morgan fingerprint density at radius 3 is 2.65 bits per heavy atom. The van der Waals surface area contributed by atoms with Gasteiger partial charge in [-0.3, -0.25) is 0 Å². The minimum Gasteiger partial charge on any atom is -0.489 e. The van der Waals surface area contributed by atoms with Crippen LogP contribution in [0.15, 0.2) is 30.3 Å². The molecule has 2 nitrogen and oxygen atoms in total. The zero-order valence-electron chi connectivity index (χ0n) is 12.2. The van der Waals surface area contributed by atoms with Crippen LogP contribution >= 0.6 is 0 Å². The fourth-order valence-electron chi connectivity index (χ4n) is 2.84. The second kappa shape index (κ2) is 5.20. The second-order valence-corrected chi connectivity index (χ2v) is 5.72. The van der Waals surface area contributed by atoms with E-state index in [1.165, 1.54) is 36.0 Å². The minimum absolute atomic E-state index is 0.622. The molecule has 0 unspecified atom stereocenters. The first-order chi connectivity index (χ1) is 9.63. The second-order valence-electron chi connectivity index (χ2n) is 5.72. The van der Waals surface area contributed by atoms with E-state index in [1.54, 1.807) is 0 Å². The van der Waals surface area contributed by atoms with Gasteiger partial charge in [-0.2, -0.15) is 0 Å². The summed E-state index contributed by atoms with van der Waals surface area (Å²) < 4.78 is 5.96. The third kappa shape index (κ3) is 2.51. The summed E-state index contributed by atoms with van der Waals surface area (Å²) in [4.78, 5) is 0. The van der Waals surface area contributed by atoms with Crippen molar-refractivity contribution in [1.29, 1.82) is 0 Å². The van der Waals surface area contributed by atoms with E-state index in [4.69, 9.17) is 10.5 Å². The predicted molar refractivity (Wildman–Crippen MR) is 83.1 cm³/mol. The first kappa shape index (κ1) is 13.0. The summed E-state index contributed by atoms with van der Waals surface area (Å²) in [6.45, 7) is 4.67. The van der Waals surface area contributed by atoms with Crippen molar-refractivity contribution in [3.63, 3.8) is 0 Å². The van der Waals surface area contributed by atoms with Crippen molar-refractivity contribution in [1.82, 2.24) is 0 Å². The molecule has 2 N–H and O–H groups in total. The van der Waals surface area contributed by atoms with Crippen LogP contribution in [-0.2, 0) is 19.4 Å². The molecule has 0 aliphatic heterocycles. The molecule has 1 aliphatic rings. The van der Waals surface area contributed by atoms with Crippen molar-refractivity contribution >= 4 is 5.69 Å². The summed E-state index contributed by atoms with van der Waals surface area (Å²) in [6, 6.07) is 10.7. The van der Waals surface area contributed by atoms with Gasteiger partial charge in [0.2, 0.25) is 0 Å². The highest BCUT2D eigenvalue weighted by Gasteiger charge is 2.11. The van der Waals surface area contributed by atoms with Crippen molar-refractivity contribution in [3.05, 3.63) is 58.1 Å². The van der Waals surface area contributed by atoms with Gasteiger partial charge in [-0.25, -0.2) is 0 Å². The summed E-state index contributed by atoms with van der Waals surface area (Å²) in [5, 5.41) is 0. The molecular weight excluding hydrogens is 246 g/mol. The van der Waals surface area contributed by atoms with Gasteiger partial charge in [-0.05, 0) is 73.1 Å². The van der Waals surface area contributed by atoms with Crippen LogP contribution in [0.4, 0.5) is 5.69 Å². The van der Waals surface area contributed by atoms with Gasteiger partial charge in [-0.15, -0.1) is 0 Å². The fraction of sp³-hybridized carbons (Fsp3) is 0.333. The summed E-state index contributed by atoms with van der Waals surface area (Å²) in [5.74, 6) is 0.928. The van der Waals surface area contributed by atoms with E-state index >= 15 is 0 Å². The van der Waals surface area contributed by atoms with E-state index in [0.29, 0.717) is 6.61 Å². The molecule has 0 saturated heterocycles. The molecule has 0 heterocycles. The minimum atomic E-state index is 0.622. The van der Waals surface area contributed by atoms with E-state index in [0.717, 1.165) is 22.6 Å². The number of hydrogen-bond donors (Lipinski definition) is 1. The number of fused-ring (bicyclic) bond motifs is 1. The van der Waals surface area contributed by atoms with Crippen molar-refractivity contribution in [2.24, 2.45) is 0 Å². The highest BCUT2D eigenvalue weighted by Crippen LogP contribution is 2.26. The van der Waals surface area contributed by atoms with Crippen LogP contribution in [0, 0.1) is 13.8 Å². The maximum Gasteiger partial charge on any atom is 0.123 e. The molecule has 2 aromatic rings. The molecule has 2 heteroatoms. The van der Waals surface area contributed by atoms with Crippen molar-refractivity contribution in [2.75, 3.05) is 5.73 Å². The Morgan fingerprint density at radius 1 is 1.00 bits per heavy atom. The zero-order chi connectivity index (χ0) is 14.1. The molecule has 0 amide bonds. The lowest BCUT2D eigenvalue weighted by atomic mass is 10.1. The highest BCUT2D eigenvalue weighted by molar-refractivity contribution is 5.53. The van der Waals surface area contributed by atoms with E-state index in [-0.39, 0.29) is 0 Å². The molecule has 104 valence electrons. The number of ether oxygens (including phenoxy) is 1. The molecule has 3 rings (SSSR count). The third-order valence-electron chi connectivity index (χ3n) is 4.12. The SMILES string of the molecule is Cc1cc(OCc2ccc3c(c2)CCC3)c(C)cc1N. The number of rotatable bonds is 3. The molecule has 0 bridgehead atoms. The molecule has 0 aromatic heterocycles. The number of nitrogens with two attached hydrogens (primary N) is 1. The predicted octanol–water partition coefficient (Wildman–Crippen LogP) is 3.95. The summed E-state index contributed by atoms with van der Waals surface area (Å²) in [5.41, 5.74) is 13.1. The molecule has 1 aliphatic carbocycles. The lowest BCUT2D eigenvalue weighted by Gasteiger charge is -2.12. The number of hydrogen-bond acceptors (Lipinski definition) is 2. The van der Waals surface area contributed by atoms with Gasteiger partial charge in [0.1, 0.15) is 12.4 Å². The van der Waals surface area contributed by atoms with E-state index in [9.17, 15) is 0 Å². The van der Waals surface area contributed by atoms with Crippen molar-refractivity contribution < 1.29 is 4.74 Å². The van der Waals surface area contributed by atoms with Gasteiger partial charge in [0, 0.05) is 5.69 Å². The number of anilines is 1. The highest BCUT2D eigenvalue weighted by atomic mass is 16.5. The topological polar surface area (TPSA) is 35.2 Å². The Kier molecular flexibility index (Phi) is 3.39. The zero-order valence-corrected chi connectivity index (χ0v) is 12.2. The van der Waals surface area contributed by atoms with Crippen molar-refractivity contribution in [2.45, 2.75) is 39.7 Å². The van der Waals surface area contributed by atoms with Gasteiger partial charge >= 0.3 is 0 Å². The summed E-state index contributed by atoms with van der Waals surface area (Å²) in [7, 11) is 0. The Labute approximate surface area is 120 Å². The maximum absolute atomic E-state index is 5.96. The third-order valence-corrected chi connectivity index (χ3v) is 4.12. The van der Waals surface area contributed by atoms with Gasteiger partial charge < -0.3 is 10.5 Å². The summed E-state index contributed by atoms with van der Waals surface area (Å²) in [6.07, 6.45) is 3.73. The molecule has 0 saturated carbocycles. The normalized spacial score (nSPS) is 13.3. The molecular formula is C18H21NO. The van der Waals surface area contributed by atoms with Crippen LogP contribution in [0.3, 0.4) is 0 Å². The molecule has 0 fully saturated rings. The Bertz CT molecular complexity index is 646. The Balaban J connectivity index is 1.75. The molecule has 0 radical (unpaired) electrons. The average Bonchev–Trinajstić information content (AvgIpc) is 2.89. The van der Waals surface area contributed by atoms with Crippen LogP contribution < -0.4 is 10.5 Å². The standard InChI is InChI=1S/C18H21NO/c1-12-9-18(13(2)8-17(12)19)20-11-14-6-7-15-4-3-5-16(15)10-14/h6-10H,3-5,11,19H2,1-2H3. The van der Waals surface area contributed by atoms with Gasteiger partial charge in [0.15, 0.2) is 0 Å². The largest absolute Gasteiger partial charge is 0.489 e. The van der Waals surface area contributed by atoms with Gasteiger partial charge in [0.25, 0.3) is 0 Å². The number of benzene rings is 2. The van der Waals surface area contributed by atoms with E-state index < -0.39 is 0 Å². The molecule has 2 aromatic carbocycles. The smallest absolute Gasteiger partial charge is 0.123 e. The average molecular weight is 267 g/mol. The lowest BCUT2D eigenvalue weighted by molar-refractivity contribution is 0.304.